The minimum Gasteiger partial charge on any atom is -0.489 e. The smallest absolute Gasteiger partial charge is 0.433 e. The summed E-state index contributed by atoms with van der Waals surface area (Å²) in [4.78, 5) is 35.0. The van der Waals surface area contributed by atoms with Crippen molar-refractivity contribution in [2.45, 2.75) is 24.2 Å². The fraction of sp³-hybridized carbons (Fsp3) is 0.286. The van der Waals surface area contributed by atoms with E-state index in [9.17, 15) is 27.9 Å². The van der Waals surface area contributed by atoms with Gasteiger partial charge in [-0.3, -0.25) is 19.6 Å². The maximum Gasteiger partial charge on any atom is 0.433 e. The molecule has 1 unspecified atom stereocenters. The zero-order chi connectivity index (χ0) is 28.5. The topological polar surface area (TPSA) is 114 Å². The van der Waals surface area contributed by atoms with Crippen LogP contribution in [0.2, 0.25) is 0 Å². The summed E-state index contributed by atoms with van der Waals surface area (Å²) in [5, 5.41) is 12.7. The van der Waals surface area contributed by atoms with Gasteiger partial charge in [-0.15, -0.1) is 0 Å². The first-order valence-electron chi connectivity index (χ1n) is 12.2. The lowest BCUT2D eigenvalue weighted by molar-refractivity contribution is -0.141. The predicted octanol–water partition coefficient (Wildman–Crippen LogP) is 2.35. The molecule has 1 saturated heterocycles. The maximum atomic E-state index is 13.3. The third-order valence-corrected chi connectivity index (χ3v) is 6.39. The number of fused-ring (bicyclic) bond motifs is 1. The largest absolute Gasteiger partial charge is 0.489 e. The predicted molar refractivity (Wildman–Crippen MR) is 136 cm³/mol. The van der Waals surface area contributed by atoms with Crippen LogP contribution in [0.4, 0.5) is 18.9 Å². The number of ether oxygens (including phenoxy) is 2. The van der Waals surface area contributed by atoms with Crippen LogP contribution in [0.15, 0.2) is 54.9 Å². The number of rotatable bonds is 4. The van der Waals surface area contributed by atoms with Crippen LogP contribution < -0.4 is 15.0 Å². The minimum absolute atomic E-state index is 0.0430. The highest BCUT2D eigenvalue weighted by Crippen LogP contribution is 2.32. The number of anilines is 1. The Morgan fingerprint density at radius 1 is 1.20 bits per heavy atom. The first-order valence-corrected chi connectivity index (χ1v) is 12.2. The van der Waals surface area contributed by atoms with E-state index in [4.69, 9.17) is 9.47 Å². The standard InChI is InChI=1S/C28H23F3N4O5/c1-35-22-13-17(6-8-27(38)15-39-16-27)4-5-23(22)40-14-21(26(35)37)34-25(36)20-12-18(7-10-32-20)11-19-3-2-9-33-24(19)28(29,30)31/h2-5,7,9-10,12-13,21,38H,11,14-16H2,1H3,(H,34,36). The average molecular weight is 553 g/mol. The van der Waals surface area contributed by atoms with Crippen molar-refractivity contribution in [3.63, 3.8) is 0 Å². The van der Waals surface area contributed by atoms with Gasteiger partial charge in [0.25, 0.3) is 11.8 Å². The molecule has 1 fully saturated rings. The van der Waals surface area contributed by atoms with Gasteiger partial charge < -0.3 is 24.8 Å². The number of hydrogen-bond acceptors (Lipinski definition) is 7. The van der Waals surface area contributed by atoms with Crippen molar-refractivity contribution in [2.24, 2.45) is 0 Å². The summed E-state index contributed by atoms with van der Waals surface area (Å²) < 4.78 is 50.8. The van der Waals surface area contributed by atoms with Gasteiger partial charge in [0.2, 0.25) is 0 Å². The Morgan fingerprint density at radius 3 is 2.73 bits per heavy atom. The van der Waals surface area contributed by atoms with E-state index in [2.05, 4.69) is 27.1 Å². The number of hydrogen-bond donors (Lipinski definition) is 2. The zero-order valence-electron chi connectivity index (χ0n) is 21.2. The average Bonchev–Trinajstić information content (AvgIpc) is 3.02. The number of carbonyl (C=O) groups excluding carboxylic acids is 2. The van der Waals surface area contributed by atoms with Gasteiger partial charge in [-0.05, 0) is 53.9 Å². The van der Waals surface area contributed by atoms with E-state index in [1.165, 1.54) is 42.4 Å². The highest BCUT2D eigenvalue weighted by atomic mass is 19.4. The molecule has 2 amide bonds. The second-order valence-electron chi connectivity index (χ2n) is 9.43. The van der Waals surface area contributed by atoms with Crippen LogP contribution in [0.5, 0.6) is 5.75 Å². The van der Waals surface area contributed by atoms with Gasteiger partial charge in [0.05, 0.1) is 18.9 Å². The van der Waals surface area contributed by atoms with Gasteiger partial charge in [0.15, 0.2) is 5.60 Å². The quantitative estimate of drug-likeness (QED) is 0.478. The molecule has 5 rings (SSSR count). The fourth-order valence-corrected chi connectivity index (χ4v) is 4.23. The molecule has 2 N–H and O–H groups in total. The van der Waals surface area contributed by atoms with Crippen molar-refractivity contribution in [2.75, 3.05) is 31.8 Å². The molecular weight excluding hydrogens is 529 g/mol. The highest BCUT2D eigenvalue weighted by Gasteiger charge is 2.36. The molecule has 0 radical (unpaired) electrons. The zero-order valence-corrected chi connectivity index (χ0v) is 21.2. The number of halogens is 3. The summed E-state index contributed by atoms with van der Waals surface area (Å²) in [6.07, 6.45) is -2.35. The van der Waals surface area contributed by atoms with E-state index >= 15 is 0 Å². The molecule has 2 aliphatic heterocycles. The molecule has 206 valence electrons. The van der Waals surface area contributed by atoms with E-state index in [1.54, 1.807) is 18.2 Å². The fourth-order valence-electron chi connectivity index (χ4n) is 4.23. The highest BCUT2D eigenvalue weighted by molar-refractivity contribution is 6.03. The Hall–Kier alpha value is -4.47. The summed E-state index contributed by atoms with van der Waals surface area (Å²) in [7, 11) is 1.53. The van der Waals surface area contributed by atoms with Crippen LogP contribution in [0.1, 0.15) is 32.9 Å². The normalized spacial score (nSPS) is 17.9. The first-order chi connectivity index (χ1) is 19.0. The van der Waals surface area contributed by atoms with Crippen molar-refractivity contribution in [1.82, 2.24) is 15.3 Å². The SMILES string of the molecule is CN1C(=O)C(NC(=O)c2cc(Cc3cccnc3C(F)(F)F)ccn2)COc2ccc(C#CC3(O)COC3)cc21. The van der Waals surface area contributed by atoms with Crippen LogP contribution in [-0.2, 0) is 22.1 Å². The number of alkyl halides is 3. The molecule has 1 aromatic carbocycles. The van der Waals surface area contributed by atoms with Gasteiger partial charge in [0, 0.05) is 25.0 Å². The van der Waals surface area contributed by atoms with Crippen molar-refractivity contribution in [3.8, 4) is 17.6 Å². The molecular formula is C28H23F3N4O5. The molecule has 40 heavy (non-hydrogen) atoms. The van der Waals surface area contributed by atoms with Gasteiger partial charge in [0.1, 0.15) is 29.8 Å². The van der Waals surface area contributed by atoms with Crippen LogP contribution in [0.3, 0.4) is 0 Å². The van der Waals surface area contributed by atoms with Gasteiger partial charge in [-0.1, -0.05) is 17.9 Å². The number of benzene rings is 1. The van der Waals surface area contributed by atoms with Gasteiger partial charge in [-0.2, -0.15) is 13.2 Å². The lowest BCUT2D eigenvalue weighted by Crippen LogP contribution is -2.49. The van der Waals surface area contributed by atoms with Crippen LogP contribution in [0.25, 0.3) is 0 Å². The second-order valence-corrected chi connectivity index (χ2v) is 9.43. The Morgan fingerprint density at radius 2 is 2.00 bits per heavy atom. The monoisotopic (exact) mass is 552 g/mol. The number of likely N-dealkylation sites (N-methyl/N-ethyl adjacent to an activating group) is 1. The maximum absolute atomic E-state index is 13.3. The number of nitrogens with one attached hydrogen (secondary N) is 1. The molecule has 3 aromatic rings. The summed E-state index contributed by atoms with van der Waals surface area (Å²) >= 11 is 0. The van der Waals surface area contributed by atoms with Crippen LogP contribution >= 0.6 is 0 Å². The van der Waals surface area contributed by atoms with Crippen molar-refractivity contribution < 1.29 is 37.3 Å². The summed E-state index contributed by atoms with van der Waals surface area (Å²) in [5.41, 5.74) is -0.900. The lowest BCUT2D eigenvalue weighted by atomic mass is 10.0. The van der Waals surface area contributed by atoms with E-state index in [-0.39, 0.29) is 37.5 Å². The van der Waals surface area contributed by atoms with Crippen molar-refractivity contribution >= 4 is 17.5 Å². The molecule has 2 aliphatic rings. The van der Waals surface area contributed by atoms with Crippen LogP contribution in [-0.4, -0.2) is 65.4 Å². The van der Waals surface area contributed by atoms with Crippen molar-refractivity contribution in [3.05, 3.63) is 82.9 Å². The minimum atomic E-state index is -4.62. The lowest BCUT2D eigenvalue weighted by Gasteiger charge is -2.30. The third-order valence-electron chi connectivity index (χ3n) is 6.39. The molecule has 0 aliphatic carbocycles. The number of nitrogens with zero attached hydrogens (tertiary/aromatic N) is 3. The summed E-state index contributed by atoms with van der Waals surface area (Å²) in [6, 6.07) is 9.53. The number of amides is 2. The molecule has 2 aromatic heterocycles. The number of carbonyl (C=O) groups is 2. The number of aromatic nitrogens is 2. The van der Waals surface area contributed by atoms with E-state index in [1.807, 2.05) is 0 Å². The van der Waals surface area contributed by atoms with Gasteiger partial charge in [-0.25, -0.2) is 0 Å². The molecule has 0 bridgehead atoms. The van der Waals surface area contributed by atoms with Crippen LogP contribution in [0, 0.1) is 11.8 Å². The Kier molecular flexibility index (Phi) is 7.18. The molecule has 1 atom stereocenters. The third kappa shape index (κ3) is 5.75. The second kappa shape index (κ2) is 10.6. The number of pyridine rings is 2. The Bertz CT molecular complexity index is 1530. The molecule has 12 heteroatoms. The molecule has 0 saturated carbocycles. The first kappa shape index (κ1) is 27.1. The summed E-state index contributed by atoms with van der Waals surface area (Å²) in [5.74, 6) is 4.89. The number of aliphatic hydroxyl groups is 1. The van der Waals surface area contributed by atoms with E-state index in [0.29, 0.717) is 22.6 Å². The summed E-state index contributed by atoms with van der Waals surface area (Å²) in [6.45, 7) is 0.0988. The van der Waals surface area contributed by atoms with E-state index in [0.717, 1.165) is 6.20 Å². The van der Waals surface area contributed by atoms with E-state index < -0.39 is 35.3 Å². The molecule has 0 spiro atoms. The van der Waals surface area contributed by atoms with Crippen molar-refractivity contribution in [1.29, 1.82) is 0 Å². The Balaban J connectivity index is 1.30. The Labute approximate surface area is 227 Å². The molecule has 4 heterocycles. The van der Waals surface area contributed by atoms with Gasteiger partial charge >= 0.3 is 6.18 Å². The molecule has 9 nitrogen and oxygen atoms in total.